The molecule has 1 aliphatic heterocycles. The van der Waals surface area contributed by atoms with Crippen molar-refractivity contribution >= 4 is 33.2 Å². The van der Waals surface area contributed by atoms with E-state index in [9.17, 15) is 13.2 Å². The molecule has 1 saturated heterocycles. The molecule has 0 aliphatic carbocycles. The molecule has 1 fully saturated rings. The Morgan fingerprint density at radius 3 is 2.55 bits per heavy atom. The zero-order valence-electron chi connectivity index (χ0n) is 17.9. The Morgan fingerprint density at radius 1 is 1.23 bits per heavy atom. The molecule has 1 amide bonds. The highest BCUT2D eigenvalue weighted by Crippen LogP contribution is 2.31. The van der Waals surface area contributed by atoms with Gasteiger partial charge >= 0.3 is 0 Å². The van der Waals surface area contributed by atoms with E-state index >= 15 is 0 Å². The quantitative estimate of drug-likeness (QED) is 0.620. The molecule has 0 bridgehead atoms. The summed E-state index contributed by atoms with van der Waals surface area (Å²) in [5.41, 5.74) is 0.726. The Labute approximate surface area is 188 Å². The summed E-state index contributed by atoms with van der Waals surface area (Å²) in [7, 11) is -0.496. The van der Waals surface area contributed by atoms with Crippen LogP contribution in [0.2, 0.25) is 5.02 Å². The molecular formula is C22H27ClN2O5S. The number of carbonyl (C=O) groups excluding carboxylic acids is 1. The maximum atomic E-state index is 13.2. The number of anilines is 1. The number of halogens is 1. The first-order valence-corrected chi connectivity index (χ1v) is 11.9. The van der Waals surface area contributed by atoms with Crippen molar-refractivity contribution in [3.8, 4) is 11.5 Å². The van der Waals surface area contributed by atoms with E-state index in [1.807, 2.05) is 6.92 Å². The Kier molecular flexibility index (Phi) is 7.46. The number of methoxy groups -OCH3 is 1. The molecule has 0 N–H and O–H groups in total. The minimum absolute atomic E-state index is 0.0950. The molecule has 168 valence electrons. The maximum absolute atomic E-state index is 13.2. The van der Waals surface area contributed by atoms with E-state index in [4.69, 9.17) is 21.1 Å². The monoisotopic (exact) mass is 466 g/mol. The van der Waals surface area contributed by atoms with Crippen molar-refractivity contribution in [3.05, 3.63) is 47.5 Å². The van der Waals surface area contributed by atoms with Crippen LogP contribution < -0.4 is 14.4 Å². The summed E-state index contributed by atoms with van der Waals surface area (Å²) in [6.07, 6.45) is 1.24. The van der Waals surface area contributed by atoms with Crippen LogP contribution in [-0.4, -0.2) is 52.5 Å². The van der Waals surface area contributed by atoms with Crippen LogP contribution in [0, 0.1) is 5.92 Å². The molecule has 0 spiro atoms. The average molecular weight is 467 g/mol. The Morgan fingerprint density at radius 2 is 1.94 bits per heavy atom. The second kappa shape index (κ2) is 9.89. The minimum atomic E-state index is -3.78. The van der Waals surface area contributed by atoms with Crippen LogP contribution in [0.5, 0.6) is 11.5 Å². The van der Waals surface area contributed by atoms with Gasteiger partial charge in [0.15, 0.2) is 0 Å². The lowest BCUT2D eigenvalue weighted by Gasteiger charge is -2.33. The van der Waals surface area contributed by atoms with E-state index in [1.54, 1.807) is 49.4 Å². The highest BCUT2D eigenvalue weighted by Gasteiger charge is 2.35. The zero-order valence-corrected chi connectivity index (χ0v) is 19.4. The molecule has 0 aromatic heterocycles. The molecule has 0 radical (unpaired) electrons. The molecule has 2 aromatic carbocycles. The standard InChI is InChI=1S/C22H27ClN2O5S/c1-4-30-21-12-11-19(14-20(21)23)31(27,28)25-13-5-6-16(15-25)22(26)24(2)17-7-9-18(29-3)10-8-17/h7-12,14,16H,4-6,13,15H2,1-3H3/t16-/m1/s1. The fourth-order valence-corrected chi connectivity index (χ4v) is 5.48. The zero-order chi connectivity index (χ0) is 22.6. The Balaban J connectivity index is 1.75. The van der Waals surface area contributed by atoms with Gasteiger partial charge in [0.25, 0.3) is 0 Å². The number of rotatable bonds is 7. The molecule has 1 heterocycles. The molecule has 1 atom stereocenters. The van der Waals surface area contributed by atoms with Gasteiger partial charge in [-0.2, -0.15) is 4.31 Å². The van der Waals surface area contributed by atoms with Gasteiger partial charge in [0.05, 0.1) is 29.6 Å². The summed E-state index contributed by atoms with van der Waals surface area (Å²) in [5.74, 6) is 0.605. The fraction of sp³-hybridized carbons (Fsp3) is 0.409. The van der Waals surface area contributed by atoms with Gasteiger partial charge in [-0.1, -0.05) is 11.6 Å². The Hall–Kier alpha value is -2.29. The number of hydrogen-bond donors (Lipinski definition) is 0. The molecule has 0 saturated carbocycles. The van der Waals surface area contributed by atoms with Crippen LogP contribution in [0.25, 0.3) is 0 Å². The summed E-state index contributed by atoms with van der Waals surface area (Å²) < 4.78 is 38.3. The van der Waals surface area contributed by atoms with Gasteiger partial charge in [-0.15, -0.1) is 0 Å². The van der Waals surface area contributed by atoms with Crippen LogP contribution in [0.1, 0.15) is 19.8 Å². The number of sulfonamides is 1. The predicted molar refractivity (Wildman–Crippen MR) is 121 cm³/mol. The number of amides is 1. The number of ether oxygens (including phenoxy) is 2. The summed E-state index contributed by atoms with van der Waals surface area (Å²) in [6, 6.07) is 11.6. The summed E-state index contributed by atoms with van der Waals surface area (Å²) in [5, 5.41) is 0.242. The molecule has 7 nitrogen and oxygen atoms in total. The molecular weight excluding hydrogens is 440 g/mol. The van der Waals surface area contributed by atoms with Gasteiger partial charge in [-0.05, 0) is 62.2 Å². The van der Waals surface area contributed by atoms with Gasteiger partial charge in [-0.3, -0.25) is 4.79 Å². The normalized spacial score (nSPS) is 17.2. The van der Waals surface area contributed by atoms with Crippen LogP contribution in [0.3, 0.4) is 0 Å². The highest BCUT2D eigenvalue weighted by atomic mass is 35.5. The van der Waals surface area contributed by atoms with Gasteiger partial charge in [0.2, 0.25) is 15.9 Å². The number of carbonyl (C=O) groups is 1. The lowest BCUT2D eigenvalue weighted by Crippen LogP contribution is -2.45. The topological polar surface area (TPSA) is 76.2 Å². The van der Waals surface area contributed by atoms with E-state index in [1.165, 1.54) is 16.4 Å². The van der Waals surface area contributed by atoms with Crippen molar-refractivity contribution in [1.29, 1.82) is 0 Å². The summed E-state index contributed by atoms with van der Waals surface area (Å²) >= 11 is 6.19. The molecule has 0 unspecified atom stereocenters. The third-order valence-corrected chi connectivity index (χ3v) is 7.52. The SMILES string of the molecule is CCOc1ccc(S(=O)(=O)N2CCC[C@@H](C(=O)N(C)c3ccc(OC)cc3)C2)cc1Cl. The first-order chi connectivity index (χ1) is 14.8. The van der Waals surface area contributed by atoms with Crippen molar-refractivity contribution in [3.63, 3.8) is 0 Å². The van der Waals surface area contributed by atoms with Crippen molar-refractivity contribution < 1.29 is 22.7 Å². The van der Waals surface area contributed by atoms with E-state index in [0.29, 0.717) is 37.5 Å². The predicted octanol–water partition coefficient (Wildman–Crippen LogP) is 3.81. The summed E-state index contributed by atoms with van der Waals surface area (Å²) in [4.78, 5) is 14.7. The average Bonchev–Trinajstić information content (AvgIpc) is 2.79. The highest BCUT2D eigenvalue weighted by molar-refractivity contribution is 7.89. The third kappa shape index (κ3) is 5.14. The first kappa shape index (κ1) is 23.4. The second-order valence-electron chi connectivity index (χ2n) is 7.32. The number of piperidine rings is 1. The van der Waals surface area contributed by atoms with Crippen LogP contribution in [0.4, 0.5) is 5.69 Å². The summed E-state index contributed by atoms with van der Waals surface area (Å²) in [6.45, 7) is 2.76. The minimum Gasteiger partial charge on any atom is -0.497 e. The van der Waals surface area contributed by atoms with E-state index < -0.39 is 15.9 Å². The Bertz CT molecular complexity index is 1030. The smallest absolute Gasteiger partial charge is 0.243 e. The molecule has 1 aliphatic rings. The van der Waals surface area contributed by atoms with Crippen molar-refractivity contribution in [2.45, 2.75) is 24.7 Å². The third-order valence-electron chi connectivity index (χ3n) is 5.36. The molecule has 2 aromatic rings. The molecule has 31 heavy (non-hydrogen) atoms. The van der Waals surface area contributed by atoms with Gasteiger partial charge in [-0.25, -0.2) is 8.42 Å². The van der Waals surface area contributed by atoms with Crippen LogP contribution >= 0.6 is 11.6 Å². The van der Waals surface area contributed by atoms with Gasteiger partial charge < -0.3 is 14.4 Å². The van der Waals surface area contributed by atoms with Crippen molar-refractivity contribution in [2.75, 3.05) is 38.8 Å². The number of nitrogens with zero attached hydrogens (tertiary/aromatic N) is 2. The second-order valence-corrected chi connectivity index (χ2v) is 9.67. The molecule has 3 rings (SSSR count). The van der Waals surface area contributed by atoms with Crippen LogP contribution in [0.15, 0.2) is 47.4 Å². The number of hydrogen-bond acceptors (Lipinski definition) is 5. The lowest BCUT2D eigenvalue weighted by atomic mass is 9.98. The largest absolute Gasteiger partial charge is 0.497 e. The van der Waals surface area contributed by atoms with Crippen molar-refractivity contribution in [1.82, 2.24) is 4.31 Å². The van der Waals surface area contributed by atoms with Crippen LogP contribution in [-0.2, 0) is 14.8 Å². The van der Waals surface area contributed by atoms with Gasteiger partial charge in [0.1, 0.15) is 11.5 Å². The maximum Gasteiger partial charge on any atom is 0.243 e. The van der Waals surface area contributed by atoms with E-state index in [2.05, 4.69) is 0 Å². The first-order valence-electron chi connectivity index (χ1n) is 10.1. The number of benzene rings is 2. The van der Waals surface area contributed by atoms with E-state index in [0.717, 1.165) is 5.69 Å². The van der Waals surface area contributed by atoms with Crippen molar-refractivity contribution in [2.24, 2.45) is 5.92 Å². The lowest BCUT2D eigenvalue weighted by molar-refractivity contribution is -0.123. The van der Waals surface area contributed by atoms with Gasteiger partial charge in [0, 0.05) is 25.8 Å². The van der Waals surface area contributed by atoms with E-state index in [-0.39, 0.29) is 22.4 Å². The molecule has 9 heteroatoms. The fourth-order valence-electron chi connectivity index (χ4n) is 3.63.